The fourth-order valence-corrected chi connectivity index (χ4v) is 3.73. The highest BCUT2D eigenvalue weighted by Crippen LogP contribution is 2.27. The first-order valence-electron chi connectivity index (χ1n) is 9.24. The molecular weight excluding hydrogens is 389 g/mol. The Balaban J connectivity index is 1.79. The third kappa shape index (κ3) is 3.45. The molecule has 0 saturated carbocycles. The van der Waals surface area contributed by atoms with Crippen molar-refractivity contribution in [3.8, 4) is 0 Å². The Kier molecular flexibility index (Phi) is 4.98. The molecule has 1 aliphatic heterocycles. The number of thiocarbonyl (C=S) groups is 1. The maximum atomic E-state index is 13.3. The van der Waals surface area contributed by atoms with E-state index in [9.17, 15) is 14.0 Å². The average Bonchev–Trinajstić information content (AvgIpc) is 3.04. The largest absolute Gasteiger partial charge is 0.347 e. The maximum absolute atomic E-state index is 13.3. The molecule has 0 unspecified atom stereocenters. The minimum absolute atomic E-state index is 0.0256. The standard InChI is InChI=1S/C22H18FN3O2S/c1-2-11-25-13-14(17-5-3-4-6-19(17)25)12-18-20(27)24-22(29)26(21(18)28)16-9-7-15(23)8-10-16/h3-10,12-13H,2,11H2,1H3,(H,24,27,29). The van der Waals surface area contributed by atoms with Crippen LogP contribution in [0.3, 0.4) is 0 Å². The number of carbonyl (C=O) groups excluding carboxylic acids is 2. The maximum Gasteiger partial charge on any atom is 0.270 e. The molecule has 0 radical (unpaired) electrons. The summed E-state index contributed by atoms with van der Waals surface area (Å²) in [6.45, 7) is 2.92. The molecule has 7 heteroatoms. The molecule has 0 bridgehead atoms. The van der Waals surface area contributed by atoms with E-state index in [0.717, 1.165) is 29.4 Å². The molecule has 0 aliphatic carbocycles. The van der Waals surface area contributed by atoms with Crippen molar-refractivity contribution in [2.75, 3.05) is 4.90 Å². The van der Waals surface area contributed by atoms with E-state index in [0.29, 0.717) is 5.69 Å². The van der Waals surface area contributed by atoms with Gasteiger partial charge in [0.2, 0.25) is 0 Å². The Hall–Kier alpha value is -3.32. The van der Waals surface area contributed by atoms with Crippen molar-refractivity contribution in [3.63, 3.8) is 0 Å². The molecule has 3 aromatic rings. The van der Waals surface area contributed by atoms with Gasteiger partial charge in [-0.05, 0) is 55.0 Å². The quantitative estimate of drug-likeness (QED) is 0.404. The number of amides is 2. The van der Waals surface area contributed by atoms with Gasteiger partial charge in [-0.2, -0.15) is 0 Å². The van der Waals surface area contributed by atoms with Crippen molar-refractivity contribution in [2.45, 2.75) is 19.9 Å². The molecule has 1 fully saturated rings. The molecule has 2 amide bonds. The van der Waals surface area contributed by atoms with Crippen molar-refractivity contribution in [3.05, 3.63) is 71.7 Å². The Morgan fingerprint density at radius 2 is 1.83 bits per heavy atom. The fraction of sp³-hybridized carbons (Fsp3) is 0.136. The van der Waals surface area contributed by atoms with E-state index < -0.39 is 17.6 Å². The molecule has 1 aliphatic rings. The summed E-state index contributed by atoms with van der Waals surface area (Å²) >= 11 is 5.18. The number of para-hydroxylation sites is 1. The minimum Gasteiger partial charge on any atom is -0.347 e. The van der Waals surface area contributed by atoms with Gasteiger partial charge in [0.05, 0.1) is 5.69 Å². The third-order valence-electron chi connectivity index (χ3n) is 4.77. The molecule has 0 spiro atoms. The molecular formula is C22H18FN3O2S. The summed E-state index contributed by atoms with van der Waals surface area (Å²) in [5.41, 5.74) is 2.18. The van der Waals surface area contributed by atoms with E-state index >= 15 is 0 Å². The van der Waals surface area contributed by atoms with Gasteiger partial charge in [0, 0.05) is 29.2 Å². The lowest BCUT2D eigenvalue weighted by molar-refractivity contribution is -0.122. The molecule has 5 nitrogen and oxygen atoms in total. The molecule has 29 heavy (non-hydrogen) atoms. The Morgan fingerprint density at radius 3 is 2.55 bits per heavy atom. The summed E-state index contributed by atoms with van der Waals surface area (Å²) in [5.74, 6) is -1.52. The van der Waals surface area contributed by atoms with E-state index in [1.807, 2.05) is 30.5 Å². The van der Waals surface area contributed by atoms with Gasteiger partial charge in [0.1, 0.15) is 11.4 Å². The number of aryl methyl sites for hydroxylation is 1. The zero-order valence-electron chi connectivity index (χ0n) is 15.7. The summed E-state index contributed by atoms with van der Waals surface area (Å²) < 4.78 is 15.4. The number of anilines is 1. The fourth-order valence-electron chi connectivity index (χ4n) is 3.45. The van der Waals surface area contributed by atoms with Crippen LogP contribution in [0.4, 0.5) is 10.1 Å². The number of hydrogen-bond acceptors (Lipinski definition) is 3. The average molecular weight is 407 g/mol. The molecule has 146 valence electrons. The van der Waals surface area contributed by atoms with Gasteiger partial charge < -0.3 is 4.57 Å². The van der Waals surface area contributed by atoms with Crippen LogP contribution in [0.25, 0.3) is 17.0 Å². The second-order valence-corrected chi connectivity index (χ2v) is 7.12. The first-order valence-corrected chi connectivity index (χ1v) is 9.65. The number of nitrogens with zero attached hydrogens (tertiary/aromatic N) is 2. The summed E-state index contributed by atoms with van der Waals surface area (Å²) in [4.78, 5) is 26.9. The zero-order valence-corrected chi connectivity index (χ0v) is 16.5. The van der Waals surface area contributed by atoms with Gasteiger partial charge in [-0.1, -0.05) is 25.1 Å². The number of hydrogen-bond donors (Lipinski definition) is 1. The normalized spacial score (nSPS) is 16.0. The van der Waals surface area contributed by atoms with Gasteiger partial charge in [-0.3, -0.25) is 19.8 Å². The minimum atomic E-state index is -0.550. The molecule has 0 atom stereocenters. The van der Waals surface area contributed by atoms with E-state index in [2.05, 4.69) is 16.8 Å². The van der Waals surface area contributed by atoms with Crippen LogP contribution in [0, 0.1) is 5.82 Å². The monoisotopic (exact) mass is 407 g/mol. The number of aromatic nitrogens is 1. The summed E-state index contributed by atoms with van der Waals surface area (Å²) in [6.07, 6.45) is 4.49. The van der Waals surface area contributed by atoms with Crippen LogP contribution in [-0.2, 0) is 16.1 Å². The van der Waals surface area contributed by atoms with Crippen LogP contribution in [0.5, 0.6) is 0 Å². The van der Waals surface area contributed by atoms with Crippen molar-refractivity contribution < 1.29 is 14.0 Å². The number of fused-ring (bicyclic) bond motifs is 1. The highest BCUT2D eigenvalue weighted by atomic mass is 32.1. The molecule has 2 heterocycles. The predicted molar refractivity (Wildman–Crippen MR) is 115 cm³/mol. The lowest BCUT2D eigenvalue weighted by atomic mass is 10.1. The molecule has 2 aromatic carbocycles. The number of rotatable bonds is 4. The van der Waals surface area contributed by atoms with Crippen LogP contribution >= 0.6 is 12.2 Å². The molecule has 1 N–H and O–H groups in total. The van der Waals surface area contributed by atoms with Crippen LogP contribution in [0.1, 0.15) is 18.9 Å². The number of nitrogens with one attached hydrogen (secondary N) is 1. The first kappa shape index (κ1) is 19.0. The Bertz CT molecular complexity index is 1160. The smallest absolute Gasteiger partial charge is 0.270 e. The lowest BCUT2D eigenvalue weighted by Crippen LogP contribution is -2.54. The van der Waals surface area contributed by atoms with E-state index in [-0.39, 0.29) is 10.7 Å². The summed E-state index contributed by atoms with van der Waals surface area (Å²) in [6, 6.07) is 13.2. The SMILES string of the molecule is CCCn1cc(C=C2C(=O)NC(=S)N(c3ccc(F)cc3)C2=O)c2ccccc21. The van der Waals surface area contributed by atoms with Gasteiger partial charge in [-0.15, -0.1) is 0 Å². The molecule has 1 aromatic heterocycles. The van der Waals surface area contributed by atoms with Crippen molar-refractivity contribution in [2.24, 2.45) is 0 Å². The summed E-state index contributed by atoms with van der Waals surface area (Å²) in [7, 11) is 0. The number of halogens is 1. The van der Waals surface area contributed by atoms with Crippen LogP contribution in [-0.4, -0.2) is 21.5 Å². The Labute approximate surface area is 172 Å². The van der Waals surface area contributed by atoms with Gasteiger partial charge in [0.25, 0.3) is 11.8 Å². The van der Waals surface area contributed by atoms with Gasteiger partial charge >= 0.3 is 0 Å². The number of benzene rings is 2. The summed E-state index contributed by atoms with van der Waals surface area (Å²) in [5, 5.41) is 3.48. The van der Waals surface area contributed by atoms with E-state index in [1.54, 1.807) is 6.08 Å². The Morgan fingerprint density at radius 1 is 1.10 bits per heavy atom. The van der Waals surface area contributed by atoms with Crippen LogP contribution < -0.4 is 10.2 Å². The van der Waals surface area contributed by atoms with Gasteiger partial charge in [-0.25, -0.2) is 4.39 Å². The van der Waals surface area contributed by atoms with Crippen LogP contribution in [0.2, 0.25) is 0 Å². The lowest BCUT2D eigenvalue weighted by Gasteiger charge is -2.28. The molecule has 1 saturated heterocycles. The second-order valence-electron chi connectivity index (χ2n) is 6.73. The highest BCUT2D eigenvalue weighted by Gasteiger charge is 2.34. The zero-order chi connectivity index (χ0) is 20.5. The van der Waals surface area contributed by atoms with Crippen molar-refractivity contribution in [1.29, 1.82) is 0 Å². The number of carbonyl (C=O) groups is 2. The van der Waals surface area contributed by atoms with Crippen molar-refractivity contribution >= 4 is 51.8 Å². The van der Waals surface area contributed by atoms with Gasteiger partial charge in [0.15, 0.2) is 5.11 Å². The van der Waals surface area contributed by atoms with E-state index in [4.69, 9.17) is 12.2 Å². The molecule has 4 rings (SSSR count). The predicted octanol–water partition coefficient (Wildman–Crippen LogP) is 4.02. The third-order valence-corrected chi connectivity index (χ3v) is 5.05. The topological polar surface area (TPSA) is 54.3 Å². The van der Waals surface area contributed by atoms with E-state index in [1.165, 1.54) is 29.2 Å². The van der Waals surface area contributed by atoms with Crippen molar-refractivity contribution in [1.82, 2.24) is 9.88 Å². The second kappa shape index (κ2) is 7.60. The van der Waals surface area contributed by atoms with Crippen LogP contribution in [0.15, 0.2) is 60.3 Å². The first-order chi connectivity index (χ1) is 14.0. The highest BCUT2D eigenvalue weighted by molar-refractivity contribution is 7.80.